The number of amides is 1. The molecule has 11 heteroatoms. The number of primary sulfonamides is 1. The number of sulfonamides is 1. The predicted octanol–water partition coefficient (Wildman–Crippen LogP) is 2.59. The van der Waals surface area contributed by atoms with Gasteiger partial charge in [-0.15, -0.1) is 0 Å². The fraction of sp³-hybridized carbons (Fsp3) is 0.200. The van der Waals surface area contributed by atoms with Crippen LogP contribution in [0.3, 0.4) is 0 Å². The third-order valence-corrected chi connectivity index (χ3v) is 5.19. The van der Waals surface area contributed by atoms with Gasteiger partial charge in [0.2, 0.25) is 10.0 Å². The summed E-state index contributed by atoms with van der Waals surface area (Å²) in [5.41, 5.74) is 0.877. The van der Waals surface area contributed by atoms with E-state index in [0.717, 1.165) is 6.08 Å². The van der Waals surface area contributed by atoms with Gasteiger partial charge in [0.25, 0.3) is 5.91 Å². The number of esters is 1. The average molecular weight is 469 g/mol. The van der Waals surface area contributed by atoms with Crippen molar-refractivity contribution in [1.29, 1.82) is 0 Å². The number of hydrogen-bond acceptors (Lipinski definition) is 7. The highest BCUT2D eigenvalue weighted by molar-refractivity contribution is 7.89. The first-order valence-electron chi connectivity index (χ1n) is 8.79. The number of ether oxygens (including phenoxy) is 3. The highest BCUT2D eigenvalue weighted by atomic mass is 35.5. The Morgan fingerprint density at radius 3 is 2.32 bits per heavy atom. The first-order chi connectivity index (χ1) is 14.5. The minimum absolute atomic E-state index is 0.0922. The van der Waals surface area contributed by atoms with Crippen LogP contribution in [0.25, 0.3) is 6.08 Å². The van der Waals surface area contributed by atoms with E-state index in [4.69, 9.17) is 31.0 Å². The molecule has 2 aromatic carbocycles. The third kappa shape index (κ3) is 6.71. The van der Waals surface area contributed by atoms with Crippen molar-refractivity contribution in [3.63, 3.8) is 0 Å². The molecule has 0 saturated carbocycles. The summed E-state index contributed by atoms with van der Waals surface area (Å²) in [6.45, 7) is 1.40. The van der Waals surface area contributed by atoms with Gasteiger partial charge in [-0.2, -0.15) is 0 Å². The molecule has 1 unspecified atom stereocenters. The van der Waals surface area contributed by atoms with Gasteiger partial charge < -0.3 is 19.5 Å². The van der Waals surface area contributed by atoms with Crippen LogP contribution in [-0.4, -0.2) is 40.6 Å². The highest BCUT2D eigenvalue weighted by Gasteiger charge is 2.17. The topological polar surface area (TPSA) is 134 Å². The molecule has 0 saturated heterocycles. The van der Waals surface area contributed by atoms with Crippen LogP contribution in [0.5, 0.6) is 11.5 Å². The molecule has 166 valence electrons. The summed E-state index contributed by atoms with van der Waals surface area (Å²) < 4.78 is 37.9. The van der Waals surface area contributed by atoms with Crippen molar-refractivity contribution in [2.24, 2.45) is 5.14 Å². The van der Waals surface area contributed by atoms with Crippen molar-refractivity contribution < 1.29 is 32.2 Å². The van der Waals surface area contributed by atoms with Crippen LogP contribution < -0.4 is 19.9 Å². The summed E-state index contributed by atoms with van der Waals surface area (Å²) in [5, 5.41) is 7.83. The Hall–Kier alpha value is -3.08. The number of halogens is 1. The molecule has 0 aliphatic carbocycles. The van der Waals surface area contributed by atoms with E-state index in [1.54, 1.807) is 12.1 Å². The molecule has 2 rings (SSSR count). The maximum atomic E-state index is 12.2. The van der Waals surface area contributed by atoms with Crippen LogP contribution in [0.4, 0.5) is 5.69 Å². The molecule has 1 atom stereocenters. The van der Waals surface area contributed by atoms with E-state index in [0.29, 0.717) is 27.8 Å². The molecular formula is C20H21ClN2O7S. The summed E-state index contributed by atoms with van der Waals surface area (Å²) >= 11 is 6.12. The van der Waals surface area contributed by atoms with Crippen LogP contribution in [0.2, 0.25) is 5.02 Å². The number of carbonyl (C=O) groups is 2. The Morgan fingerprint density at radius 1 is 1.13 bits per heavy atom. The highest BCUT2D eigenvalue weighted by Crippen LogP contribution is 2.36. The van der Waals surface area contributed by atoms with Gasteiger partial charge in [0, 0.05) is 11.8 Å². The number of benzene rings is 2. The van der Waals surface area contributed by atoms with E-state index in [9.17, 15) is 18.0 Å². The second-order valence-corrected chi connectivity index (χ2v) is 8.18. The van der Waals surface area contributed by atoms with Crippen molar-refractivity contribution in [2.75, 3.05) is 19.5 Å². The normalized spacial score (nSPS) is 12.3. The maximum Gasteiger partial charge on any atom is 0.331 e. The molecule has 0 aliphatic rings. The summed E-state index contributed by atoms with van der Waals surface area (Å²) in [7, 11) is -0.921. The zero-order valence-corrected chi connectivity index (χ0v) is 18.5. The van der Waals surface area contributed by atoms with Gasteiger partial charge in [-0.1, -0.05) is 11.6 Å². The number of hydrogen-bond donors (Lipinski definition) is 2. The Balaban J connectivity index is 1.99. The lowest BCUT2D eigenvalue weighted by atomic mass is 10.2. The zero-order chi connectivity index (χ0) is 23.2. The van der Waals surface area contributed by atoms with Gasteiger partial charge in [-0.3, -0.25) is 4.79 Å². The molecule has 0 radical (unpaired) electrons. The number of methoxy groups -OCH3 is 2. The first-order valence-corrected chi connectivity index (χ1v) is 10.7. The molecule has 9 nitrogen and oxygen atoms in total. The van der Waals surface area contributed by atoms with Crippen LogP contribution in [0, 0.1) is 0 Å². The zero-order valence-electron chi connectivity index (χ0n) is 16.9. The van der Waals surface area contributed by atoms with E-state index in [1.165, 1.54) is 51.5 Å². The quantitative estimate of drug-likeness (QED) is 0.449. The van der Waals surface area contributed by atoms with Gasteiger partial charge >= 0.3 is 5.97 Å². The Labute approximate surface area is 184 Å². The molecule has 0 fully saturated rings. The van der Waals surface area contributed by atoms with Gasteiger partial charge in [0.1, 0.15) is 0 Å². The number of carbonyl (C=O) groups excluding carboxylic acids is 2. The molecule has 0 aliphatic heterocycles. The SMILES string of the molecule is COc1cc(/C=C/C(=O)OC(C)C(=O)Nc2ccc(S(N)(=O)=O)cc2)cc(Cl)c1OC. The number of anilines is 1. The Kier molecular flexibility index (Phi) is 8.03. The number of nitrogens with two attached hydrogens (primary N) is 1. The van der Waals surface area contributed by atoms with E-state index >= 15 is 0 Å². The van der Waals surface area contributed by atoms with Crippen LogP contribution in [0.15, 0.2) is 47.4 Å². The van der Waals surface area contributed by atoms with Crippen LogP contribution in [0.1, 0.15) is 12.5 Å². The molecular weight excluding hydrogens is 448 g/mol. The van der Waals surface area contributed by atoms with E-state index in [1.807, 2.05) is 0 Å². The Morgan fingerprint density at radius 2 is 1.77 bits per heavy atom. The fourth-order valence-electron chi connectivity index (χ4n) is 2.44. The van der Waals surface area contributed by atoms with Crippen molar-refractivity contribution >= 4 is 45.3 Å². The van der Waals surface area contributed by atoms with Crippen LogP contribution >= 0.6 is 11.6 Å². The molecule has 0 spiro atoms. The fourth-order valence-corrected chi connectivity index (χ4v) is 3.25. The van der Waals surface area contributed by atoms with Crippen molar-refractivity contribution in [3.8, 4) is 11.5 Å². The monoisotopic (exact) mass is 468 g/mol. The van der Waals surface area contributed by atoms with E-state index in [2.05, 4.69) is 5.32 Å². The van der Waals surface area contributed by atoms with Crippen molar-refractivity contribution in [1.82, 2.24) is 0 Å². The standard InChI is InChI=1S/C20H21ClN2O7S/c1-12(20(25)23-14-5-7-15(8-6-14)31(22,26)27)30-18(24)9-4-13-10-16(21)19(29-3)17(11-13)28-2/h4-12H,1-3H3,(H,23,25)(H2,22,26,27)/b9-4+. The lowest BCUT2D eigenvalue weighted by Gasteiger charge is -2.13. The second-order valence-electron chi connectivity index (χ2n) is 6.21. The molecule has 0 aromatic heterocycles. The number of rotatable bonds is 8. The molecule has 31 heavy (non-hydrogen) atoms. The summed E-state index contributed by atoms with van der Waals surface area (Å²) in [5.74, 6) is -0.590. The average Bonchev–Trinajstić information content (AvgIpc) is 2.71. The van der Waals surface area contributed by atoms with Gasteiger partial charge in [-0.25, -0.2) is 18.4 Å². The molecule has 0 bridgehead atoms. The summed E-state index contributed by atoms with van der Waals surface area (Å²) in [4.78, 5) is 24.1. The first kappa shape index (κ1) is 24.2. The second kappa shape index (κ2) is 10.3. The lowest BCUT2D eigenvalue weighted by molar-refractivity contribution is -0.148. The smallest absolute Gasteiger partial charge is 0.331 e. The Bertz CT molecular complexity index is 1100. The lowest BCUT2D eigenvalue weighted by Crippen LogP contribution is -2.29. The maximum absolute atomic E-state index is 12.2. The molecule has 2 aromatic rings. The van der Waals surface area contributed by atoms with Crippen LogP contribution in [-0.2, 0) is 24.3 Å². The van der Waals surface area contributed by atoms with Crippen molar-refractivity contribution in [2.45, 2.75) is 17.9 Å². The van der Waals surface area contributed by atoms with Crippen molar-refractivity contribution in [3.05, 3.63) is 53.1 Å². The molecule has 1 amide bonds. The van der Waals surface area contributed by atoms with Gasteiger partial charge in [-0.05, 0) is 55.0 Å². The minimum Gasteiger partial charge on any atom is -0.493 e. The van der Waals surface area contributed by atoms with Gasteiger partial charge in [0.05, 0.1) is 24.1 Å². The third-order valence-electron chi connectivity index (χ3n) is 3.98. The van der Waals surface area contributed by atoms with E-state index < -0.39 is 28.0 Å². The molecule has 0 heterocycles. The predicted molar refractivity (Wildman–Crippen MR) is 116 cm³/mol. The largest absolute Gasteiger partial charge is 0.493 e. The van der Waals surface area contributed by atoms with E-state index in [-0.39, 0.29) is 4.90 Å². The number of nitrogens with one attached hydrogen (secondary N) is 1. The molecule has 3 N–H and O–H groups in total. The minimum atomic E-state index is -3.83. The van der Waals surface area contributed by atoms with Gasteiger partial charge in [0.15, 0.2) is 17.6 Å². The summed E-state index contributed by atoms with van der Waals surface area (Å²) in [6, 6.07) is 8.43. The summed E-state index contributed by atoms with van der Waals surface area (Å²) in [6.07, 6.45) is 1.48.